The van der Waals surface area contributed by atoms with Crippen LogP contribution in [0.2, 0.25) is 0 Å². The second-order valence-electron chi connectivity index (χ2n) is 3.09. The van der Waals surface area contributed by atoms with Crippen molar-refractivity contribution in [2.75, 3.05) is 5.88 Å². The monoisotopic (exact) mass is 176 g/mol. The van der Waals surface area contributed by atoms with E-state index in [0.29, 0.717) is 5.88 Å². The molecule has 0 aromatic rings. The second-order valence-corrected chi connectivity index (χ2v) is 3.40. The first kappa shape index (κ1) is 10.5. The number of rotatable bonds is 2. The van der Waals surface area contributed by atoms with E-state index in [1.807, 2.05) is 20.8 Å². The molecule has 0 rings (SSSR count). The van der Waals surface area contributed by atoms with Crippen LogP contribution in [-0.2, 0) is 9.53 Å². The van der Waals surface area contributed by atoms with Crippen LogP contribution in [-0.4, -0.2) is 17.5 Å². The number of allylic oxidation sites excluding steroid dienone is 1. The summed E-state index contributed by atoms with van der Waals surface area (Å²) in [5, 5.41) is 0. The zero-order chi connectivity index (χ0) is 8.91. The Morgan fingerprint density at radius 3 is 2.45 bits per heavy atom. The summed E-state index contributed by atoms with van der Waals surface area (Å²) >= 11 is 5.32. The highest BCUT2D eigenvalue weighted by molar-refractivity contribution is 6.19. The molecule has 0 spiro atoms. The molecular formula is C8H13ClO2. The molecule has 2 nitrogen and oxygen atoms in total. The van der Waals surface area contributed by atoms with Crippen molar-refractivity contribution >= 4 is 17.6 Å². The summed E-state index contributed by atoms with van der Waals surface area (Å²) in [5.74, 6) is -0.0164. The van der Waals surface area contributed by atoms with E-state index >= 15 is 0 Å². The minimum Gasteiger partial charge on any atom is -0.457 e. The molecule has 0 saturated carbocycles. The van der Waals surface area contributed by atoms with Gasteiger partial charge in [-0.2, -0.15) is 0 Å². The number of carbonyl (C=O) groups is 1. The van der Waals surface area contributed by atoms with E-state index in [1.165, 1.54) is 6.08 Å². The maximum atomic E-state index is 10.8. The third kappa shape index (κ3) is 7.40. The minimum atomic E-state index is -0.423. The number of hydrogen-bond acceptors (Lipinski definition) is 2. The number of carbonyl (C=O) groups excluding carboxylic acids is 1. The van der Waals surface area contributed by atoms with Crippen molar-refractivity contribution < 1.29 is 9.53 Å². The summed E-state index contributed by atoms with van der Waals surface area (Å²) in [4.78, 5) is 10.8. The van der Waals surface area contributed by atoms with Crippen molar-refractivity contribution in [2.24, 2.45) is 0 Å². The molecule has 0 atom stereocenters. The summed E-state index contributed by atoms with van der Waals surface area (Å²) in [6.45, 7) is 5.46. The fraction of sp³-hybridized carbons (Fsp3) is 0.625. The Morgan fingerprint density at radius 2 is 2.09 bits per heavy atom. The SMILES string of the molecule is CC(C)(C)OC(=O)/C=C/CCl. The third-order valence-corrected chi connectivity index (χ3v) is 0.928. The number of hydrogen-bond donors (Lipinski definition) is 0. The molecule has 0 unspecified atom stereocenters. The van der Waals surface area contributed by atoms with Crippen LogP contribution in [0.5, 0.6) is 0 Å². The van der Waals surface area contributed by atoms with Gasteiger partial charge in [0.1, 0.15) is 5.60 Å². The molecule has 0 aliphatic heterocycles. The average Bonchev–Trinajstić information content (AvgIpc) is 1.79. The van der Waals surface area contributed by atoms with Crippen molar-refractivity contribution in [3.63, 3.8) is 0 Å². The molecular weight excluding hydrogens is 164 g/mol. The molecule has 0 bridgehead atoms. The van der Waals surface area contributed by atoms with Crippen molar-refractivity contribution in [1.29, 1.82) is 0 Å². The first-order valence-corrected chi connectivity index (χ1v) is 3.94. The molecule has 0 aromatic heterocycles. The first-order valence-electron chi connectivity index (χ1n) is 3.41. The van der Waals surface area contributed by atoms with Gasteiger partial charge in [0.2, 0.25) is 0 Å². The maximum Gasteiger partial charge on any atom is 0.330 e. The van der Waals surface area contributed by atoms with E-state index in [1.54, 1.807) is 6.08 Å². The van der Waals surface area contributed by atoms with Crippen molar-refractivity contribution in [1.82, 2.24) is 0 Å². The minimum absolute atomic E-state index is 0.333. The quantitative estimate of drug-likeness (QED) is 0.366. The number of ether oxygens (including phenoxy) is 1. The number of alkyl halides is 1. The molecule has 0 radical (unpaired) electrons. The van der Waals surface area contributed by atoms with Crippen LogP contribution in [0.4, 0.5) is 0 Å². The normalized spacial score (nSPS) is 12.0. The van der Waals surface area contributed by atoms with Gasteiger partial charge in [-0.1, -0.05) is 6.08 Å². The van der Waals surface area contributed by atoms with Gasteiger partial charge in [-0.05, 0) is 20.8 Å². The van der Waals surface area contributed by atoms with Gasteiger partial charge >= 0.3 is 5.97 Å². The van der Waals surface area contributed by atoms with E-state index in [-0.39, 0.29) is 5.97 Å². The van der Waals surface area contributed by atoms with E-state index in [2.05, 4.69) is 0 Å². The van der Waals surface area contributed by atoms with Crippen LogP contribution in [0.1, 0.15) is 20.8 Å². The Morgan fingerprint density at radius 1 is 1.55 bits per heavy atom. The lowest BCUT2D eigenvalue weighted by Crippen LogP contribution is -2.22. The van der Waals surface area contributed by atoms with E-state index in [0.717, 1.165) is 0 Å². The van der Waals surface area contributed by atoms with Crippen LogP contribution in [0.25, 0.3) is 0 Å². The Hall–Kier alpha value is -0.500. The average molecular weight is 177 g/mol. The molecule has 64 valence electrons. The fourth-order valence-electron chi connectivity index (χ4n) is 0.477. The fourth-order valence-corrected chi connectivity index (χ4v) is 0.566. The van der Waals surface area contributed by atoms with Crippen LogP contribution in [0, 0.1) is 0 Å². The highest BCUT2D eigenvalue weighted by Crippen LogP contribution is 2.06. The smallest absolute Gasteiger partial charge is 0.330 e. The number of esters is 1. The van der Waals surface area contributed by atoms with E-state index < -0.39 is 5.60 Å². The van der Waals surface area contributed by atoms with Crippen LogP contribution in [0.15, 0.2) is 12.2 Å². The second kappa shape index (κ2) is 4.39. The topological polar surface area (TPSA) is 26.3 Å². The first-order chi connectivity index (χ1) is 4.95. The molecule has 0 heterocycles. The predicted octanol–water partition coefficient (Wildman–Crippen LogP) is 2.12. The van der Waals surface area contributed by atoms with Crippen molar-refractivity contribution in [3.8, 4) is 0 Å². The lowest BCUT2D eigenvalue weighted by atomic mass is 10.2. The third-order valence-electron chi connectivity index (χ3n) is 0.750. The molecule has 0 N–H and O–H groups in total. The molecule has 0 amide bonds. The molecule has 3 heteroatoms. The predicted molar refractivity (Wildman–Crippen MR) is 45.7 cm³/mol. The Labute approximate surface area is 72.2 Å². The zero-order valence-electron chi connectivity index (χ0n) is 7.06. The zero-order valence-corrected chi connectivity index (χ0v) is 7.81. The van der Waals surface area contributed by atoms with Gasteiger partial charge < -0.3 is 4.74 Å². The molecule has 0 saturated heterocycles. The van der Waals surface area contributed by atoms with Crippen LogP contribution < -0.4 is 0 Å². The highest BCUT2D eigenvalue weighted by Gasteiger charge is 2.13. The molecule has 11 heavy (non-hydrogen) atoms. The van der Waals surface area contributed by atoms with Gasteiger partial charge in [-0.3, -0.25) is 0 Å². The van der Waals surface area contributed by atoms with Gasteiger partial charge in [-0.15, -0.1) is 11.6 Å². The number of halogens is 1. The summed E-state index contributed by atoms with van der Waals surface area (Å²) in [6, 6.07) is 0. The lowest BCUT2D eigenvalue weighted by Gasteiger charge is -2.17. The van der Waals surface area contributed by atoms with Gasteiger partial charge in [-0.25, -0.2) is 4.79 Å². The maximum absolute atomic E-state index is 10.8. The van der Waals surface area contributed by atoms with Crippen LogP contribution >= 0.6 is 11.6 Å². The standard InChI is InChI=1S/C8H13ClO2/c1-8(2,3)11-7(10)5-4-6-9/h4-5H,6H2,1-3H3/b5-4+. The molecule has 0 aliphatic carbocycles. The molecule has 0 aliphatic rings. The Kier molecular flexibility index (Phi) is 4.19. The van der Waals surface area contributed by atoms with Crippen LogP contribution in [0.3, 0.4) is 0 Å². The van der Waals surface area contributed by atoms with Crippen molar-refractivity contribution in [2.45, 2.75) is 26.4 Å². The van der Waals surface area contributed by atoms with Gasteiger partial charge in [0.25, 0.3) is 0 Å². The summed E-state index contributed by atoms with van der Waals surface area (Å²) < 4.78 is 4.96. The Bertz CT molecular complexity index is 156. The highest BCUT2D eigenvalue weighted by atomic mass is 35.5. The van der Waals surface area contributed by atoms with Gasteiger partial charge in [0.05, 0.1) is 0 Å². The van der Waals surface area contributed by atoms with Gasteiger partial charge in [0.15, 0.2) is 0 Å². The van der Waals surface area contributed by atoms with E-state index in [4.69, 9.17) is 16.3 Å². The molecule has 0 aromatic carbocycles. The summed E-state index contributed by atoms with van der Waals surface area (Å²) in [5.41, 5.74) is -0.423. The summed E-state index contributed by atoms with van der Waals surface area (Å²) in [7, 11) is 0. The summed E-state index contributed by atoms with van der Waals surface area (Å²) in [6.07, 6.45) is 2.88. The lowest BCUT2D eigenvalue weighted by molar-refractivity contribution is -0.148. The largest absolute Gasteiger partial charge is 0.457 e. The van der Waals surface area contributed by atoms with Crippen molar-refractivity contribution in [3.05, 3.63) is 12.2 Å². The van der Waals surface area contributed by atoms with E-state index in [9.17, 15) is 4.79 Å². The van der Waals surface area contributed by atoms with Gasteiger partial charge in [0, 0.05) is 12.0 Å². The molecule has 0 fully saturated rings. The Balaban J connectivity index is 3.80.